The van der Waals surface area contributed by atoms with E-state index in [4.69, 9.17) is 0 Å². The Morgan fingerprint density at radius 3 is 2.08 bits per heavy atom. The quantitative estimate of drug-likeness (QED) is 0.445. The molecule has 0 saturated carbocycles. The molecule has 2 N–H and O–H groups in total. The van der Waals surface area contributed by atoms with Crippen LogP contribution in [0.15, 0.2) is 0 Å². The monoisotopic (exact) mass is 186 g/mol. The Morgan fingerprint density at radius 2 is 1.75 bits per heavy atom. The van der Waals surface area contributed by atoms with Crippen molar-refractivity contribution in [3.05, 3.63) is 0 Å². The summed E-state index contributed by atoms with van der Waals surface area (Å²) in [7, 11) is 0. The first-order valence-electron chi connectivity index (χ1n) is 3.67. The molecule has 4 nitrogen and oxygen atoms in total. The zero-order valence-corrected chi connectivity index (χ0v) is 7.75. The fourth-order valence-electron chi connectivity index (χ4n) is 0.938. The maximum atomic E-state index is 11.3. The molecule has 2 amide bonds. The Hall–Kier alpha value is -0.970. The predicted molar refractivity (Wildman–Crippen MR) is 47.3 cm³/mol. The number of hydrogen-bond acceptors (Lipinski definition) is 3. The van der Waals surface area contributed by atoms with Gasteiger partial charge in [0.15, 0.2) is 5.11 Å². The number of nitrogens with one attached hydrogen (secondary N) is 2. The fraction of sp³-hybridized carbons (Fsp3) is 0.571. The summed E-state index contributed by atoms with van der Waals surface area (Å²) in [6.45, 7) is 3.38. The zero-order chi connectivity index (χ0) is 9.35. The van der Waals surface area contributed by atoms with Gasteiger partial charge in [-0.3, -0.25) is 9.59 Å². The van der Waals surface area contributed by atoms with Crippen molar-refractivity contribution < 1.29 is 9.59 Å². The predicted octanol–water partition coefficient (Wildman–Crippen LogP) is -0.0664. The number of carbonyl (C=O) groups excluding carboxylic acids is 2. The van der Waals surface area contributed by atoms with Crippen molar-refractivity contribution in [2.75, 3.05) is 0 Å². The van der Waals surface area contributed by atoms with Crippen LogP contribution in [0, 0.1) is 5.41 Å². The van der Waals surface area contributed by atoms with Gasteiger partial charge in [-0.15, -0.1) is 0 Å². The summed E-state index contributed by atoms with van der Waals surface area (Å²) in [4.78, 5) is 22.6. The Morgan fingerprint density at radius 1 is 1.33 bits per heavy atom. The SMILES string of the molecule is CCC1(C)C(=O)NC(=S)NC1=O. The van der Waals surface area contributed by atoms with Gasteiger partial charge in [0.2, 0.25) is 11.8 Å². The Bertz CT molecular complexity index is 242. The van der Waals surface area contributed by atoms with Crippen LogP contribution in [-0.2, 0) is 9.59 Å². The maximum Gasteiger partial charge on any atom is 0.241 e. The minimum atomic E-state index is -0.970. The minimum absolute atomic E-state index is 0.0934. The van der Waals surface area contributed by atoms with Crippen LogP contribution in [0.4, 0.5) is 0 Å². The van der Waals surface area contributed by atoms with Crippen LogP contribution in [0.5, 0.6) is 0 Å². The van der Waals surface area contributed by atoms with Crippen molar-refractivity contribution in [1.82, 2.24) is 10.6 Å². The highest BCUT2D eigenvalue weighted by molar-refractivity contribution is 7.80. The van der Waals surface area contributed by atoms with Crippen LogP contribution in [-0.4, -0.2) is 16.9 Å². The normalized spacial score (nSPS) is 21.7. The fourth-order valence-corrected chi connectivity index (χ4v) is 1.12. The van der Waals surface area contributed by atoms with E-state index >= 15 is 0 Å². The number of hydrogen-bond donors (Lipinski definition) is 2. The Kier molecular flexibility index (Phi) is 2.14. The van der Waals surface area contributed by atoms with Crippen LogP contribution < -0.4 is 10.6 Å². The average molecular weight is 186 g/mol. The largest absolute Gasteiger partial charge is 0.302 e. The van der Waals surface area contributed by atoms with E-state index in [1.807, 2.05) is 0 Å². The molecule has 0 aromatic heterocycles. The topological polar surface area (TPSA) is 58.2 Å². The molecule has 0 radical (unpaired) electrons. The third-order valence-electron chi connectivity index (χ3n) is 2.16. The Balaban J connectivity index is 2.95. The van der Waals surface area contributed by atoms with Gasteiger partial charge in [0.1, 0.15) is 5.41 Å². The van der Waals surface area contributed by atoms with E-state index in [0.717, 1.165) is 0 Å². The van der Waals surface area contributed by atoms with Gasteiger partial charge >= 0.3 is 0 Å². The van der Waals surface area contributed by atoms with Crippen molar-refractivity contribution in [2.24, 2.45) is 5.41 Å². The molecule has 1 fully saturated rings. The maximum absolute atomic E-state index is 11.3. The zero-order valence-electron chi connectivity index (χ0n) is 6.93. The van der Waals surface area contributed by atoms with Gasteiger partial charge in [-0.2, -0.15) is 0 Å². The highest BCUT2D eigenvalue weighted by atomic mass is 32.1. The van der Waals surface area contributed by atoms with E-state index < -0.39 is 5.41 Å². The highest BCUT2D eigenvalue weighted by Crippen LogP contribution is 2.23. The first kappa shape index (κ1) is 9.12. The molecular formula is C7H10N2O2S. The summed E-state index contributed by atoms with van der Waals surface area (Å²) in [6, 6.07) is 0. The molecule has 1 aliphatic heterocycles. The molecule has 66 valence electrons. The Labute approximate surface area is 75.7 Å². The van der Waals surface area contributed by atoms with Crippen molar-refractivity contribution in [1.29, 1.82) is 0 Å². The van der Waals surface area contributed by atoms with Crippen LogP contribution >= 0.6 is 12.2 Å². The molecule has 0 unspecified atom stereocenters. The molecule has 5 heteroatoms. The van der Waals surface area contributed by atoms with E-state index in [1.54, 1.807) is 13.8 Å². The van der Waals surface area contributed by atoms with Crippen LogP contribution in [0.1, 0.15) is 20.3 Å². The molecular weight excluding hydrogens is 176 g/mol. The summed E-state index contributed by atoms with van der Waals surface area (Å²) < 4.78 is 0. The molecule has 0 aliphatic carbocycles. The van der Waals surface area contributed by atoms with Gasteiger partial charge in [-0.1, -0.05) is 6.92 Å². The first-order chi connectivity index (χ1) is 5.50. The summed E-state index contributed by atoms with van der Waals surface area (Å²) in [5.41, 5.74) is -0.970. The second-order valence-corrected chi connectivity index (χ2v) is 3.33. The van der Waals surface area contributed by atoms with Crippen molar-refractivity contribution in [2.45, 2.75) is 20.3 Å². The summed E-state index contributed by atoms with van der Waals surface area (Å²) >= 11 is 4.65. The first-order valence-corrected chi connectivity index (χ1v) is 4.08. The highest BCUT2D eigenvalue weighted by Gasteiger charge is 2.43. The van der Waals surface area contributed by atoms with E-state index in [1.165, 1.54) is 0 Å². The second-order valence-electron chi connectivity index (χ2n) is 2.92. The second kappa shape index (κ2) is 2.82. The van der Waals surface area contributed by atoms with Crippen LogP contribution in [0.2, 0.25) is 0 Å². The number of carbonyl (C=O) groups is 2. The molecule has 0 spiro atoms. The molecule has 1 aliphatic rings. The van der Waals surface area contributed by atoms with Gasteiger partial charge in [0, 0.05) is 0 Å². The van der Waals surface area contributed by atoms with E-state index in [-0.39, 0.29) is 16.9 Å². The molecule has 1 heterocycles. The lowest BCUT2D eigenvalue weighted by Crippen LogP contribution is -2.60. The molecule has 0 bridgehead atoms. The minimum Gasteiger partial charge on any atom is -0.302 e. The molecule has 0 aromatic rings. The van der Waals surface area contributed by atoms with Gasteiger partial charge in [-0.25, -0.2) is 0 Å². The molecule has 12 heavy (non-hydrogen) atoms. The summed E-state index contributed by atoms with van der Waals surface area (Å²) in [5, 5.41) is 4.92. The smallest absolute Gasteiger partial charge is 0.241 e. The van der Waals surface area contributed by atoms with Crippen molar-refractivity contribution >= 4 is 29.1 Å². The number of amides is 2. The van der Waals surface area contributed by atoms with Crippen molar-refractivity contribution in [3.8, 4) is 0 Å². The standard InChI is InChI=1S/C7H10N2O2S/c1-3-7(2)4(10)8-6(12)9-5(7)11/h3H2,1-2H3,(H2,8,9,10,11,12). The summed E-state index contributed by atoms with van der Waals surface area (Å²) in [5.74, 6) is -0.641. The lowest BCUT2D eigenvalue weighted by Gasteiger charge is -2.30. The van der Waals surface area contributed by atoms with Crippen LogP contribution in [0.3, 0.4) is 0 Å². The van der Waals surface area contributed by atoms with Gasteiger partial charge in [0.25, 0.3) is 0 Å². The summed E-state index contributed by atoms with van der Waals surface area (Å²) in [6.07, 6.45) is 0.466. The number of rotatable bonds is 1. The lowest BCUT2D eigenvalue weighted by atomic mass is 9.84. The van der Waals surface area contributed by atoms with Gasteiger partial charge < -0.3 is 10.6 Å². The molecule has 0 aromatic carbocycles. The van der Waals surface area contributed by atoms with Gasteiger partial charge in [0.05, 0.1) is 0 Å². The molecule has 0 atom stereocenters. The molecule has 1 saturated heterocycles. The third kappa shape index (κ3) is 1.20. The van der Waals surface area contributed by atoms with Crippen molar-refractivity contribution in [3.63, 3.8) is 0 Å². The van der Waals surface area contributed by atoms with E-state index in [9.17, 15) is 9.59 Å². The van der Waals surface area contributed by atoms with Gasteiger partial charge in [-0.05, 0) is 25.6 Å². The molecule has 1 rings (SSSR count). The lowest BCUT2D eigenvalue weighted by molar-refractivity contribution is -0.142. The number of thiocarbonyl (C=S) groups is 1. The van der Waals surface area contributed by atoms with E-state index in [2.05, 4.69) is 22.9 Å². The third-order valence-corrected chi connectivity index (χ3v) is 2.37. The van der Waals surface area contributed by atoms with Crippen LogP contribution in [0.25, 0.3) is 0 Å². The average Bonchev–Trinajstić information content (AvgIpc) is 2.00. The van der Waals surface area contributed by atoms with E-state index in [0.29, 0.717) is 6.42 Å².